The molecule has 2 saturated heterocycles. The molecule has 13 heteroatoms. The highest BCUT2D eigenvalue weighted by Crippen LogP contribution is 2.37. The summed E-state index contributed by atoms with van der Waals surface area (Å²) in [6.45, 7) is 5.02. The Morgan fingerprint density at radius 1 is 1.15 bits per heavy atom. The number of H-pyrrole nitrogens is 1. The molecule has 39 heavy (non-hydrogen) atoms. The Kier molecular flexibility index (Phi) is 9.49. The van der Waals surface area contributed by atoms with E-state index in [-0.39, 0.29) is 5.91 Å². The zero-order valence-corrected chi connectivity index (χ0v) is 24.1. The first-order valence-electron chi connectivity index (χ1n) is 12.5. The van der Waals surface area contributed by atoms with E-state index in [1.807, 2.05) is 30.3 Å². The predicted octanol–water partition coefficient (Wildman–Crippen LogP) is 4.72. The number of tetrazole rings is 1. The number of benzene rings is 2. The van der Waals surface area contributed by atoms with Crippen molar-refractivity contribution in [3.8, 4) is 16.9 Å². The number of nitrogens with zero attached hydrogens (tertiary/aromatic N) is 5. The summed E-state index contributed by atoms with van der Waals surface area (Å²) in [4.78, 5) is 17.8. The number of hydrogen-bond acceptors (Lipinski definition) is 9. The van der Waals surface area contributed by atoms with E-state index in [4.69, 9.17) is 44.9 Å². The zero-order valence-electron chi connectivity index (χ0n) is 20.9. The van der Waals surface area contributed by atoms with Crippen LogP contribution in [0.4, 0.5) is 0 Å². The molecule has 0 aliphatic carbocycles. The van der Waals surface area contributed by atoms with Gasteiger partial charge in [0, 0.05) is 53.8 Å². The quantitative estimate of drug-likeness (QED) is 0.260. The maximum Gasteiger partial charge on any atom is 0.266 e. The Labute approximate surface area is 245 Å². The van der Waals surface area contributed by atoms with Crippen LogP contribution in [-0.4, -0.2) is 86.7 Å². The minimum atomic E-state index is -0.132. The van der Waals surface area contributed by atoms with Crippen molar-refractivity contribution in [1.29, 1.82) is 0 Å². The summed E-state index contributed by atoms with van der Waals surface area (Å²) in [6, 6.07) is 11.2. The van der Waals surface area contributed by atoms with Crippen LogP contribution in [0.1, 0.15) is 17.8 Å². The monoisotopic (exact) mass is 604 g/mol. The second-order valence-electron chi connectivity index (χ2n) is 8.94. The summed E-state index contributed by atoms with van der Waals surface area (Å²) in [7, 11) is 0. The molecule has 0 unspecified atom stereocenters. The number of hydrogen-bond donors (Lipinski definition) is 1. The fraction of sp³-hybridized carbons (Fsp3) is 0.346. The normalized spacial score (nSPS) is 17.4. The molecule has 0 atom stereocenters. The zero-order chi connectivity index (χ0) is 27.2. The first kappa shape index (κ1) is 28.0. The Morgan fingerprint density at radius 3 is 2.77 bits per heavy atom. The summed E-state index contributed by atoms with van der Waals surface area (Å²) in [6.07, 6.45) is 3.10. The second-order valence-corrected chi connectivity index (χ2v) is 11.5. The van der Waals surface area contributed by atoms with Gasteiger partial charge in [0.05, 0.1) is 18.1 Å². The molecule has 3 heterocycles. The van der Waals surface area contributed by atoms with Crippen LogP contribution in [0, 0.1) is 0 Å². The van der Waals surface area contributed by atoms with Crippen LogP contribution >= 0.6 is 47.2 Å². The molecule has 0 bridgehead atoms. The van der Waals surface area contributed by atoms with Crippen molar-refractivity contribution in [2.24, 2.45) is 0 Å². The molecule has 2 aromatic carbocycles. The lowest BCUT2D eigenvalue weighted by molar-refractivity contribution is -0.122. The number of aromatic amines is 1. The summed E-state index contributed by atoms with van der Waals surface area (Å²) in [5.41, 5.74) is 2.50. The molecule has 0 saturated carbocycles. The van der Waals surface area contributed by atoms with Crippen molar-refractivity contribution in [3.63, 3.8) is 0 Å². The SMILES string of the molecule is O=C1C(=Cc2cc(-c3ccc(Cl)cc3Cl)ccc2OCCN2CCOCC2)SC(=S)N1CCCc1nn[nH]n1. The van der Waals surface area contributed by atoms with Gasteiger partial charge in [-0.3, -0.25) is 14.6 Å². The van der Waals surface area contributed by atoms with Gasteiger partial charge in [0.2, 0.25) is 0 Å². The number of nitrogens with one attached hydrogen (secondary N) is 1. The molecule has 5 rings (SSSR count). The Balaban J connectivity index is 1.36. The van der Waals surface area contributed by atoms with Gasteiger partial charge >= 0.3 is 0 Å². The van der Waals surface area contributed by atoms with E-state index in [2.05, 4.69) is 25.5 Å². The Bertz CT molecular complexity index is 1370. The van der Waals surface area contributed by atoms with Crippen LogP contribution < -0.4 is 4.74 Å². The predicted molar refractivity (Wildman–Crippen MR) is 157 cm³/mol. The van der Waals surface area contributed by atoms with E-state index in [1.54, 1.807) is 17.0 Å². The maximum atomic E-state index is 13.3. The number of amides is 1. The molecule has 2 fully saturated rings. The van der Waals surface area contributed by atoms with Crippen molar-refractivity contribution in [2.45, 2.75) is 12.8 Å². The number of rotatable bonds is 10. The van der Waals surface area contributed by atoms with E-state index in [0.29, 0.717) is 56.8 Å². The molecule has 3 aromatic rings. The lowest BCUT2D eigenvalue weighted by atomic mass is 10.0. The fourth-order valence-electron chi connectivity index (χ4n) is 4.31. The standard InChI is InChI=1S/C26H26Cl2N6O3S2/c27-19-4-5-20(21(28)16-19)17-3-6-22(37-13-10-33-8-11-36-12-9-33)18(14-17)15-23-25(35)34(26(38)39-23)7-1-2-24-29-31-32-30-24/h3-6,14-16H,1-2,7-13H2,(H,29,30,31,32). The number of thioether (sulfide) groups is 1. The van der Waals surface area contributed by atoms with E-state index < -0.39 is 0 Å². The first-order chi connectivity index (χ1) is 19.0. The molecule has 1 aromatic heterocycles. The first-order valence-corrected chi connectivity index (χ1v) is 14.5. The van der Waals surface area contributed by atoms with Crippen LogP contribution in [0.3, 0.4) is 0 Å². The average molecular weight is 606 g/mol. The van der Waals surface area contributed by atoms with Gasteiger partial charge in [0.1, 0.15) is 16.7 Å². The van der Waals surface area contributed by atoms with E-state index in [1.165, 1.54) is 11.8 Å². The molecular weight excluding hydrogens is 579 g/mol. The Morgan fingerprint density at radius 2 is 2.00 bits per heavy atom. The average Bonchev–Trinajstić information content (AvgIpc) is 3.54. The highest BCUT2D eigenvalue weighted by Gasteiger charge is 2.32. The smallest absolute Gasteiger partial charge is 0.266 e. The largest absolute Gasteiger partial charge is 0.492 e. The van der Waals surface area contributed by atoms with Gasteiger partial charge in [0.15, 0.2) is 5.82 Å². The number of thiocarbonyl (C=S) groups is 1. The lowest BCUT2D eigenvalue weighted by Crippen LogP contribution is -2.38. The van der Waals surface area contributed by atoms with Gasteiger partial charge in [-0.2, -0.15) is 5.21 Å². The number of aromatic nitrogens is 4. The Hall–Kier alpha value is -2.54. The lowest BCUT2D eigenvalue weighted by Gasteiger charge is -2.26. The van der Waals surface area contributed by atoms with Gasteiger partial charge in [-0.25, -0.2) is 0 Å². The maximum absolute atomic E-state index is 13.3. The van der Waals surface area contributed by atoms with Gasteiger partial charge in [0.25, 0.3) is 5.91 Å². The molecule has 2 aliphatic rings. The van der Waals surface area contributed by atoms with Gasteiger partial charge < -0.3 is 9.47 Å². The van der Waals surface area contributed by atoms with E-state index >= 15 is 0 Å². The summed E-state index contributed by atoms with van der Waals surface area (Å²) >= 11 is 19.4. The number of carbonyl (C=O) groups is 1. The number of carbonyl (C=O) groups excluding carboxylic acids is 1. The summed E-state index contributed by atoms with van der Waals surface area (Å²) in [5.74, 6) is 1.15. The van der Waals surface area contributed by atoms with Gasteiger partial charge in [-0.15, -0.1) is 10.2 Å². The van der Waals surface area contributed by atoms with Crippen molar-refractivity contribution in [3.05, 3.63) is 62.7 Å². The minimum Gasteiger partial charge on any atom is -0.492 e. The minimum absolute atomic E-state index is 0.132. The van der Waals surface area contributed by atoms with Gasteiger partial charge in [-0.1, -0.05) is 64.5 Å². The van der Waals surface area contributed by atoms with Crippen LogP contribution in [0.25, 0.3) is 17.2 Å². The molecular formula is C26H26Cl2N6O3S2. The van der Waals surface area contributed by atoms with Crippen molar-refractivity contribution in [2.75, 3.05) is 46.0 Å². The van der Waals surface area contributed by atoms with Crippen LogP contribution in [0.2, 0.25) is 10.0 Å². The third kappa shape index (κ3) is 7.16. The third-order valence-corrected chi connectivity index (χ3v) is 8.28. The van der Waals surface area contributed by atoms with Crippen molar-refractivity contribution >= 4 is 63.5 Å². The van der Waals surface area contributed by atoms with Gasteiger partial charge in [-0.05, 0) is 42.3 Å². The fourth-order valence-corrected chi connectivity index (χ4v) is 6.13. The number of ether oxygens (including phenoxy) is 2. The van der Waals surface area contributed by atoms with Crippen LogP contribution in [0.5, 0.6) is 5.75 Å². The summed E-state index contributed by atoms with van der Waals surface area (Å²) in [5, 5.41) is 15.0. The van der Waals surface area contributed by atoms with Crippen molar-refractivity contribution in [1.82, 2.24) is 30.4 Å². The molecule has 1 amide bonds. The highest BCUT2D eigenvalue weighted by molar-refractivity contribution is 8.26. The molecule has 2 aliphatic heterocycles. The molecule has 0 spiro atoms. The van der Waals surface area contributed by atoms with Crippen LogP contribution in [0.15, 0.2) is 41.3 Å². The summed E-state index contributed by atoms with van der Waals surface area (Å²) < 4.78 is 12.2. The number of halogens is 2. The topological polar surface area (TPSA) is 96.5 Å². The second kappa shape index (κ2) is 13.2. The van der Waals surface area contributed by atoms with Crippen LogP contribution in [-0.2, 0) is 16.0 Å². The third-order valence-electron chi connectivity index (χ3n) is 6.35. The van der Waals surface area contributed by atoms with Crippen molar-refractivity contribution < 1.29 is 14.3 Å². The highest BCUT2D eigenvalue weighted by atomic mass is 35.5. The number of morpholine rings is 1. The van der Waals surface area contributed by atoms with E-state index in [0.717, 1.165) is 49.5 Å². The molecule has 204 valence electrons. The molecule has 1 N–H and O–H groups in total. The molecule has 9 nitrogen and oxygen atoms in total. The van der Waals surface area contributed by atoms with E-state index in [9.17, 15) is 4.79 Å². The molecule has 0 radical (unpaired) electrons. The number of aryl methyl sites for hydroxylation is 1.